The van der Waals surface area contributed by atoms with Gasteiger partial charge in [-0.1, -0.05) is 36.4 Å². The van der Waals surface area contributed by atoms with Crippen molar-refractivity contribution in [2.75, 3.05) is 23.9 Å². The van der Waals surface area contributed by atoms with Crippen LogP contribution in [0.5, 0.6) is 0 Å². The van der Waals surface area contributed by atoms with Crippen molar-refractivity contribution in [2.45, 2.75) is 13.0 Å². The molecule has 1 N–H and O–H groups in total. The molecule has 0 saturated carbocycles. The second-order valence-corrected chi connectivity index (χ2v) is 6.19. The average Bonchev–Trinajstić information content (AvgIpc) is 3.08. The Hall–Kier alpha value is -3.61. The van der Waals surface area contributed by atoms with Gasteiger partial charge < -0.3 is 19.7 Å². The number of nitrogens with one attached hydrogen (secondary N) is 1. The third-order valence-electron chi connectivity index (χ3n) is 4.19. The van der Waals surface area contributed by atoms with Crippen LogP contribution in [0.3, 0.4) is 0 Å². The second-order valence-electron chi connectivity index (χ2n) is 6.19. The van der Waals surface area contributed by atoms with Crippen molar-refractivity contribution in [3.8, 4) is 0 Å². The van der Waals surface area contributed by atoms with Crippen LogP contribution >= 0.6 is 0 Å². The summed E-state index contributed by atoms with van der Waals surface area (Å²) in [6.45, 7) is 1.21. The molecule has 7 nitrogen and oxygen atoms in total. The number of ketones is 1. The van der Waals surface area contributed by atoms with Gasteiger partial charge in [0.15, 0.2) is 18.3 Å². The van der Waals surface area contributed by atoms with Crippen LogP contribution in [0.2, 0.25) is 0 Å². The first-order valence-corrected chi connectivity index (χ1v) is 8.73. The lowest BCUT2D eigenvalue weighted by molar-refractivity contribution is -0.150. The van der Waals surface area contributed by atoms with Gasteiger partial charge in [0, 0.05) is 18.4 Å². The first-order valence-electron chi connectivity index (χ1n) is 8.73. The number of Topliss-reactive ketones (excluding diaryl/α,β-unsaturated/α-hetero) is 1. The molecule has 0 saturated heterocycles. The van der Waals surface area contributed by atoms with E-state index in [4.69, 9.17) is 9.47 Å². The predicted octanol–water partition coefficient (Wildman–Crippen LogP) is 2.50. The van der Waals surface area contributed by atoms with Crippen molar-refractivity contribution in [1.82, 2.24) is 0 Å². The SMILES string of the molecule is C[C@H](OC(=O)C1=C(Nc2ccccc2)OCC1=O)C(=O)N(C)c1ccccc1. The highest BCUT2D eigenvalue weighted by molar-refractivity contribution is 6.20. The lowest BCUT2D eigenvalue weighted by Crippen LogP contribution is -2.38. The molecule has 0 bridgehead atoms. The lowest BCUT2D eigenvalue weighted by Gasteiger charge is -2.21. The highest BCUT2D eigenvalue weighted by atomic mass is 16.6. The van der Waals surface area contributed by atoms with Crippen LogP contribution in [0.25, 0.3) is 0 Å². The summed E-state index contributed by atoms with van der Waals surface area (Å²) >= 11 is 0. The first-order chi connectivity index (χ1) is 13.5. The largest absolute Gasteiger partial charge is 0.470 e. The molecule has 1 aliphatic heterocycles. The van der Waals surface area contributed by atoms with E-state index in [1.807, 2.05) is 12.1 Å². The highest BCUT2D eigenvalue weighted by Crippen LogP contribution is 2.21. The van der Waals surface area contributed by atoms with E-state index in [2.05, 4.69) is 5.32 Å². The minimum Gasteiger partial charge on any atom is -0.470 e. The maximum atomic E-state index is 12.5. The number of hydrogen-bond acceptors (Lipinski definition) is 6. The van der Waals surface area contributed by atoms with E-state index in [0.29, 0.717) is 11.4 Å². The van der Waals surface area contributed by atoms with Gasteiger partial charge in [-0.15, -0.1) is 0 Å². The molecule has 0 aliphatic carbocycles. The van der Waals surface area contributed by atoms with Gasteiger partial charge in [0.25, 0.3) is 5.91 Å². The van der Waals surface area contributed by atoms with Gasteiger partial charge in [0.05, 0.1) is 0 Å². The molecule has 7 heteroatoms. The minimum atomic E-state index is -1.07. The summed E-state index contributed by atoms with van der Waals surface area (Å²) in [4.78, 5) is 38.6. The van der Waals surface area contributed by atoms with Gasteiger partial charge in [-0.05, 0) is 31.2 Å². The van der Waals surface area contributed by atoms with Crippen molar-refractivity contribution < 1.29 is 23.9 Å². The molecule has 144 valence electrons. The quantitative estimate of drug-likeness (QED) is 0.612. The van der Waals surface area contributed by atoms with Crippen LogP contribution in [0.15, 0.2) is 72.1 Å². The number of ether oxygens (including phenoxy) is 2. The number of para-hydroxylation sites is 2. The molecule has 2 aromatic carbocycles. The molecule has 0 fully saturated rings. The Morgan fingerprint density at radius 2 is 1.68 bits per heavy atom. The number of carbonyl (C=O) groups is 3. The van der Waals surface area contributed by atoms with Gasteiger partial charge in [-0.3, -0.25) is 9.59 Å². The van der Waals surface area contributed by atoms with E-state index in [-0.39, 0.29) is 18.1 Å². The molecule has 28 heavy (non-hydrogen) atoms. The van der Waals surface area contributed by atoms with Crippen LogP contribution in [-0.4, -0.2) is 37.4 Å². The third-order valence-corrected chi connectivity index (χ3v) is 4.19. The van der Waals surface area contributed by atoms with Crippen molar-refractivity contribution in [3.63, 3.8) is 0 Å². The minimum absolute atomic E-state index is 0.0252. The van der Waals surface area contributed by atoms with Crippen LogP contribution in [0, 0.1) is 0 Å². The standard InChI is InChI=1S/C21H20N2O5/c1-14(20(25)23(2)16-11-7-4-8-12-16)28-21(26)18-17(24)13-27-19(18)22-15-9-5-3-6-10-15/h3-12,14,22H,13H2,1-2H3/t14-/m0/s1. The van der Waals surface area contributed by atoms with Gasteiger partial charge in [0.1, 0.15) is 0 Å². The molecule has 1 heterocycles. The maximum Gasteiger partial charge on any atom is 0.348 e. The highest BCUT2D eigenvalue weighted by Gasteiger charge is 2.34. The normalized spacial score (nSPS) is 14.3. The summed E-state index contributed by atoms with van der Waals surface area (Å²) in [7, 11) is 1.59. The number of esters is 1. The number of rotatable bonds is 6. The topological polar surface area (TPSA) is 84.9 Å². The number of carbonyl (C=O) groups excluding carboxylic acids is 3. The Morgan fingerprint density at radius 1 is 1.07 bits per heavy atom. The molecule has 0 aromatic heterocycles. The fourth-order valence-corrected chi connectivity index (χ4v) is 2.69. The van der Waals surface area contributed by atoms with E-state index in [0.717, 1.165) is 0 Å². The van der Waals surface area contributed by atoms with E-state index >= 15 is 0 Å². The number of hydrogen-bond donors (Lipinski definition) is 1. The number of likely N-dealkylation sites (N-methyl/N-ethyl adjacent to an activating group) is 1. The van der Waals surface area contributed by atoms with Crippen molar-refractivity contribution in [3.05, 3.63) is 72.1 Å². The maximum absolute atomic E-state index is 12.5. The molecule has 2 aromatic rings. The fourth-order valence-electron chi connectivity index (χ4n) is 2.69. The van der Waals surface area contributed by atoms with Gasteiger partial charge in [-0.25, -0.2) is 4.79 Å². The van der Waals surface area contributed by atoms with Crippen molar-refractivity contribution in [1.29, 1.82) is 0 Å². The summed E-state index contributed by atoms with van der Waals surface area (Å²) < 4.78 is 10.5. The van der Waals surface area contributed by atoms with Crippen molar-refractivity contribution in [2.24, 2.45) is 0 Å². The van der Waals surface area contributed by atoms with Gasteiger partial charge in [-0.2, -0.15) is 0 Å². The summed E-state index contributed by atoms with van der Waals surface area (Å²) in [6.07, 6.45) is -1.07. The lowest BCUT2D eigenvalue weighted by atomic mass is 10.2. The van der Waals surface area contributed by atoms with E-state index in [9.17, 15) is 14.4 Å². The molecule has 0 radical (unpaired) electrons. The summed E-state index contributed by atoms with van der Waals surface area (Å²) in [5.41, 5.74) is 1.10. The summed E-state index contributed by atoms with van der Waals surface area (Å²) in [6, 6.07) is 18.0. The third kappa shape index (κ3) is 4.20. The molecular formula is C21H20N2O5. The average molecular weight is 380 g/mol. The molecule has 1 atom stereocenters. The Morgan fingerprint density at radius 3 is 2.32 bits per heavy atom. The van der Waals surface area contributed by atoms with Crippen molar-refractivity contribution >= 4 is 29.0 Å². The van der Waals surface area contributed by atoms with Crippen LogP contribution < -0.4 is 10.2 Å². The Kier molecular flexibility index (Phi) is 5.74. The van der Waals surface area contributed by atoms with E-state index in [1.165, 1.54) is 11.8 Å². The van der Waals surface area contributed by atoms with E-state index in [1.54, 1.807) is 55.6 Å². The molecule has 1 aliphatic rings. The molecule has 0 unspecified atom stereocenters. The number of benzene rings is 2. The Balaban J connectivity index is 1.72. The van der Waals surface area contributed by atoms with E-state index < -0.39 is 23.8 Å². The zero-order valence-corrected chi connectivity index (χ0v) is 15.5. The zero-order chi connectivity index (χ0) is 20.1. The molecule has 1 amide bonds. The van der Waals surface area contributed by atoms with Crippen LogP contribution in [0.4, 0.5) is 11.4 Å². The van der Waals surface area contributed by atoms with Crippen LogP contribution in [-0.2, 0) is 23.9 Å². The molecule has 3 rings (SSSR count). The smallest absolute Gasteiger partial charge is 0.348 e. The van der Waals surface area contributed by atoms with Gasteiger partial charge >= 0.3 is 5.97 Å². The monoisotopic (exact) mass is 380 g/mol. The first kappa shape index (κ1) is 19.2. The second kappa shape index (κ2) is 8.39. The fraction of sp³-hybridized carbons (Fsp3) is 0.190. The zero-order valence-electron chi connectivity index (χ0n) is 15.5. The number of nitrogens with zero attached hydrogens (tertiary/aromatic N) is 1. The van der Waals surface area contributed by atoms with Gasteiger partial charge in [0.2, 0.25) is 11.7 Å². The Labute approximate surface area is 162 Å². The summed E-state index contributed by atoms with van der Waals surface area (Å²) in [5.74, 6) is -1.79. The van der Waals surface area contributed by atoms with Crippen LogP contribution in [0.1, 0.15) is 6.92 Å². The number of amides is 1. The Bertz CT molecular complexity index is 909. The predicted molar refractivity (Wildman–Crippen MR) is 103 cm³/mol. The molecular weight excluding hydrogens is 360 g/mol. The molecule has 0 spiro atoms. The summed E-state index contributed by atoms with van der Waals surface area (Å²) in [5, 5.41) is 2.89. The number of anilines is 2.